The molecule has 1 aromatic heterocycles. The topological polar surface area (TPSA) is 64.8 Å². The van der Waals surface area contributed by atoms with Crippen molar-refractivity contribution in [3.63, 3.8) is 0 Å². The predicted octanol–water partition coefficient (Wildman–Crippen LogP) is 2.41. The quantitative estimate of drug-likeness (QED) is 0.881. The summed E-state index contributed by atoms with van der Waals surface area (Å²) in [5.41, 5.74) is 2.74. The predicted molar refractivity (Wildman–Crippen MR) is 82.5 cm³/mol. The molecule has 2 aromatic rings. The minimum Gasteiger partial charge on any atom is -0.369 e. The molecule has 0 saturated heterocycles. The van der Waals surface area contributed by atoms with E-state index in [-0.39, 0.29) is 0 Å². The third-order valence-corrected chi connectivity index (χ3v) is 3.00. The van der Waals surface area contributed by atoms with E-state index in [1.807, 2.05) is 38.2 Å². The molecule has 0 amide bonds. The SMILES string of the molecule is CCNc1cnc(CN(C)Cc2cccc(C#N)c2)cn1. The number of hydrogen-bond donors (Lipinski definition) is 1. The molecule has 1 aromatic carbocycles. The van der Waals surface area contributed by atoms with Crippen LogP contribution in [-0.4, -0.2) is 28.5 Å². The number of aromatic nitrogens is 2. The zero-order valence-electron chi connectivity index (χ0n) is 12.4. The first kappa shape index (κ1) is 14.9. The van der Waals surface area contributed by atoms with Crippen LogP contribution in [0.3, 0.4) is 0 Å². The second-order valence-corrected chi connectivity index (χ2v) is 4.91. The molecule has 0 fully saturated rings. The van der Waals surface area contributed by atoms with Gasteiger partial charge >= 0.3 is 0 Å². The molecule has 0 aliphatic carbocycles. The van der Waals surface area contributed by atoms with Gasteiger partial charge in [-0.3, -0.25) is 9.88 Å². The first-order chi connectivity index (χ1) is 10.2. The van der Waals surface area contributed by atoms with E-state index in [1.54, 1.807) is 12.4 Å². The summed E-state index contributed by atoms with van der Waals surface area (Å²) < 4.78 is 0. The van der Waals surface area contributed by atoms with Crippen LogP contribution in [0.25, 0.3) is 0 Å². The van der Waals surface area contributed by atoms with Gasteiger partial charge in [-0.15, -0.1) is 0 Å². The number of anilines is 1. The molecule has 0 aliphatic heterocycles. The second kappa shape index (κ2) is 7.36. The molecule has 0 radical (unpaired) electrons. The Balaban J connectivity index is 1.94. The van der Waals surface area contributed by atoms with E-state index in [0.717, 1.165) is 36.7 Å². The van der Waals surface area contributed by atoms with Crippen LogP contribution in [0, 0.1) is 11.3 Å². The van der Waals surface area contributed by atoms with Crippen molar-refractivity contribution in [1.29, 1.82) is 5.26 Å². The summed E-state index contributed by atoms with van der Waals surface area (Å²) >= 11 is 0. The monoisotopic (exact) mass is 281 g/mol. The van der Waals surface area contributed by atoms with Crippen LogP contribution in [0.2, 0.25) is 0 Å². The van der Waals surface area contributed by atoms with Crippen molar-refractivity contribution in [2.45, 2.75) is 20.0 Å². The maximum Gasteiger partial charge on any atom is 0.144 e. The van der Waals surface area contributed by atoms with Crippen molar-refractivity contribution in [3.8, 4) is 6.07 Å². The summed E-state index contributed by atoms with van der Waals surface area (Å²) in [7, 11) is 2.03. The van der Waals surface area contributed by atoms with Crippen LogP contribution in [0.5, 0.6) is 0 Å². The highest BCUT2D eigenvalue weighted by Crippen LogP contribution is 2.09. The number of hydrogen-bond acceptors (Lipinski definition) is 5. The Kier molecular flexibility index (Phi) is 5.24. The Morgan fingerprint density at radius 2 is 2.10 bits per heavy atom. The molecule has 5 heteroatoms. The third kappa shape index (κ3) is 4.55. The summed E-state index contributed by atoms with van der Waals surface area (Å²) in [6.45, 7) is 4.35. The van der Waals surface area contributed by atoms with E-state index >= 15 is 0 Å². The summed E-state index contributed by atoms with van der Waals surface area (Å²) in [6, 6.07) is 9.82. The van der Waals surface area contributed by atoms with Gasteiger partial charge in [0.25, 0.3) is 0 Å². The average Bonchev–Trinajstić information content (AvgIpc) is 2.49. The molecule has 2 rings (SSSR count). The second-order valence-electron chi connectivity index (χ2n) is 4.91. The Hall–Kier alpha value is -2.45. The molecule has 0 spiro atoms. The zero-order chi connectivity index (χ0) is 15.1. The van der Waals surface area contributed by atoms with E-state index in [1.165, 1.54) is 0 Å². The Morgan fingerprint density at radius 1 is 1.24 bits per heavy atom. The summed E-state index contributed by atoms with van der Waals surface area (Å²) in [4.78, 5) is 10.9. The van der Waals surface area contributed by atoms with Crippen molar-refractivity contribution >= 4 is 5.82 Å². The standard InChI is InChI=1S/C16H19N5/c1-3-18-16-10-19-15(9-20-16)12-21(2)11-14-6-4-5-13(7-14)8-17/h4-7,9-10H,3,11-12H2,1-2H3,(H,18,20). The summed E-state index contributed by atoms with van der Waals surface area (Å²) in [6.07, 6.45) is 3.54. The molecule has 1 N–H and O–H groups in total. The molecule has 0 saturated carbocycles. The lowest BCUT2D eigenvalue weighted by atomic mass is 10.1. The van der Waals surface area contributed by atoms with E-state index in [4.69, 9.17) is 5.26 Å². The highest BCUT2D eigenvalue weighted by Gasteiger charge is 2.04. The maximum atomic E-state index is 8.91. The van der Waals surface area contributed by atoms with Gasteiger partial charge in [0.1, 0.15) is 5.82 Å². The lowest BCUT2D eigenvalue weighted by Crippen LogP contribution is -2.18. The minimum absolute atomic E-state index is 0.690. The normalized spacial score (nSPS) is 10.4. The summed E-state index contributed by atoms with van der Waals surface area (Å²) in [5, 5.41) is 12.0. The van der Waals surface area contributed by atoms with Crippen molar-refractivity contribution in [2.24, 2.45) is 0 Å². The van der Waals surface area contributed by atoms with Crippen LogP contribution in [-0.2, 0) is 13.1 Å². The lowest BCUT2D eigenvalue weighted by Gasteiger charge is -2.16. The first-order valence-electron chi connectivity index (χ1n) is 6.93. The third-order valence-electron chi connectivity index (χ3n) is 3.00. The van der Waals surface area contributed by atoms with Crippen LogP contribution in [0.15, 0.2) is 36.7 Å². The Morgan fingerprint density at radius 3 is 2.76 bits per heavy atom. The smallest absolute Gasteiger partial charge is 0.144 e. The van der Waals surface area contributed by atoms with Crippen LogP contribution in [0.1, 0.15) is 23.7 Å². The lowest BCUT2D eigenvalue weighted by molar-refractivity contribution is 0.314. The van der Waals surface area contributed by atoms with Gasteiger partial charge in [-0.1, -0.05) is 12.1 Å². The number of rotatable bonds is 6. The van der Waals surface area contributed by atoms with E-state index < -0.39 is 0 Å². The van der Waals surface area contributed by atoms with Crippen LogP contribution in [0.4, 0.5) is 5.82 Å². The van der Waals surface area contributed by atoms with Gasteiger partial charge < -0.3 is 5.32 Å². The van der Waals surface area contributed by atoms with Gasteiger partial charge in [-0.05, 0) is 31.7 Å². The first-order valence-corrected chi connectivity index (χ1v) is 6.93. The van der Waals surface area contributed by atoms with Crippen molar-refractivity contribution < 1.29 is 0 Å². The van der Waals surface area contributed by atoms with Gasteiger partial charge in [0, 0.05) is 19.6 Å². The summed E-state index contributed by atoms with van der Waals surface area (Å²) in [5.74, 6) is 0.797. The number of nitrogens with one attached hydrogen (secondary N) is 1. The Bertz CT molecular complexity index is 615. The largest absolute Gasteiger partial charge is 0.369 e. The fourth-order valence-electron chi connectivity index (χ4n) is 2.09. The molecular formula is C16H19N5. The van der Waals surface area contributed by atoms with Gasteiger partial charge in [-0.25, -0.2) is 4.98 Å². The molecule has 0 aliphatic rings. The van der Waals surface area contributed by atoms with E-state index in [2.05, 4.69) is 26.3 Å². The molecular weight excluding hydrogens is 262 g/mol. The molecule has 0 atom stereocenters. The highest BCUT2D eigenvalue weighted by atomic mass is 15.1. The fraction of sp³-hybridized carbons (Fsp3) is 0.312. The molecule has 5 nitrogen and oxygen atoms in total. The minimum atomic E-state index is 0.690. The molecule has 108 valence electrons. The van der Waals surface area contributed by atoms with Gasteiger partial charge in [0.15, 0.2) is 0 Å². The highest BCUT2D eigenvalue weighted by molar-refractivity contribution is 5.33. The van der Waals surface area contributed by atoms with Crippen molar-refractivity contribution in [3.05, 3.63) is 53.5 Å². The van der Waals surface area contributed by atoms with Crippen molar-refractivity contribution in [1.82, 2.24) is 14.9 Å². The molecule has 0 bridgehead atoms. The van der Waals surface area contributed by atoms with Crippen LogP contribution >= 0.6 is 0 Å². The van der Waals surface area contributed by atoms with Crippen molar-refractivity contribution in [2.75, 3.05) is 18.9 Å². The fourth-order valence-corrected chi connectivity index (χ4v) is 2.09. The maximum absolute atomic E-state index is 8.91. The molecule has 0 unspecified atom stereocenters. The van der Waals surface area contributed by atoms with E-state index in [9.17, 15) is 0 Å². The molecule has 1 heterocycles. The number of nitrogens with zero attached hydrogens (tertiary/aromatic N) is 4. The van der Waals surface area contributed by atoms with Crippen LogP contribution < -0.4 is 5.32 Å². The van der Waals surface area contributed by atoms with Gasteiger partial charge in [-0.2, -0.15) is 5.26 Å². The molecule has 21 heavy (non-hydrogen) atoms. The van der Waals surface area contributed by atoms with E-state index in [0.29, 0.717) is 5.56 Å². The van der Waals surface area contributed by atoms with Gasteiger partial charge in [0.2, 0.25) is 0 Å². The number of benzene rings is 1. The van der Waals surface area contributed by atoms with Gasteiger partial charge in [0.05, 0.1) is 29.7 Å². The zero-order valence-corrected chi connectivity index (χ0v) is 12.4. The number of nitriles is 1. The average molecular weight is 281 g/mol. The Labute approximate surface area is 125 Å².